The van der Waals surface area contributed by atoms with Gasteiger partial charge < -0.3 is 0 Å². The first-order valence-electron chi connectivity index (χ1n) is 25.7. The van der Waals surface area contributed by atoms with Gasteiger partial charge >= 0.3 is 0 Å². The van der Waals surface area contributed by atoms with E-state index in [-0.39, 0.29) is 0 Å². The number of aryl methyl sites for hydroxylation is 6. The van der Waals surface area contributed by atoms with Crippen molar-refractivity contribution in [1.29, 1.82) is 10.5 Å². The van der Waals surface area contributed by atoms with Crippen LogP contribution < -0.4 is 0 Å². The third-order valence-electron chi connectivity index (χ3n) is 16.7. The van der Waals surface area contributed by atoms with Crippen molar-refractivity contribution in [2.45, 2.75) is 41.5 Å². The highest BCUT2D eigenvalue weighted by Crippen LogP contribution is 2.59. The molecule has 4 nitrogen and oxygen atoms in total. The van der Waals surface area contributed by atoms with Crippen LogP contribution in [-0.2, 0) is 0 Å². The second kappa shape index (κ2) is 16.2. The van der Waals surface area contributed by atoms with Gasteiger partial charge in [0.15, 0.2) is 11.4 Å². The summed E-state index contributed by atoms with van der Waals surface area (Å²) < 4.78 is 0. The van der Waals surface area contributed by atoms with Crippen molar-refractivity contribution in [1.82, 2.24) is 0 Å². The second-order valence-corrected chi connectivity index (χ2v) is 21.0. The van der Waals surface area contributed by atoms with Crippen LogP contribution in [0.4, 0.5) is 11.4 Å². The lowest BCUT2D eigenvalue weighted by atomic mass is 9.82. The minimum absolute atomic E-state index is 0.602. The van der Waals surface area contributed by atoms with E-state index in [1.54, 1.807) is 0 Å². The number of nitriles is 2. The summed E-state index contributed by atoms with van der Waals surface area (Å²) in [5.74, 6) is 0. The zero-order chi connectivity index (χ0) is 52.0. The molecule has 0 aliphatic heterocycles. The molecule has 14 rings (SSSR count). The summed E-state index contributed by atoms with van der Waals surface area (Å²) in [6, 6.07) is 61.5. The normalized spacial score (nSPS) is 11.8. The first-order valence-corrected chi connectivity index (χ1v) is 25.7. The standard InChI is InChI=1S/C72H44N4/c1-37-15-17-43(35-73)31-59(37)69-55-21-19-48-47(61(55)33-63-51-13-9-11-49-53(23-25-57(67(49)51)71(63)69)65-39(3)27-44(36-74)28-40(65)4)20-22-56-62(48)34-64-52-14-10-12-50-54(66-41(5)29-46(76-8)30-42(66)6)24-26-58(68(50)52)72(64)70(56)60-32-45(75-7)18-16-38(60)2/h9-34H,1-6H3. The van der Waals surface area contributed by atoms with Crippen molar-refractivity contribution in [3.8, 4) is 101 Å². The monoisotopic (exact) mass is 964 g/mol. The van der Waals surface area contributed by atoms with Gasteiger partial charge in [-0.3, -0.25) is 0 Å². The number of fused-ring (bicyclic) bond motifs is 11. The van der Waals surface area contributed by atoms with Crippen LogP contribution in [0.15, 0.2) is 158 Å². The zero-order valence-electron chi connectivity index (χ0n) is 42.8. The quantitative estimate of drug-likeness (QED) is 0.130. The van der Waals surface area contributed by atoms with Crippen LogP contribution in [0.25, 0.3) is 153 Å². The molecule has 0 fully saturated rings. The van der Waals surface area contributed by atoms with Gasteiger partial charge in [0.05, 0.1) is 36.4 Å². The third kappa shape index (κ3) is 6.08. The summed E-state index contributed by atoms with van der Waals surface area (Å²) in [5, 5.41) is 31.8. The first-order chi connectivity index (χ1) is 37.0. The minimum atomic E-state index is 0.602. The van der Waals surface area contributed by atoms with E-state index in [2.05, 4.69) is 185 Å². The lowest BCUT2D eigenvalue weighted by molar-refractivity contribution is 1.35. The number of nitrogens with zero attached hydrogens (tertiary/aromatic N) is 4. The minimum Gasteiger partial charge on any atom is -0.238 e. The van der Waals surface area contributed by atoms with Gasteiger partial charge in [0.1, 0.15) is 0 Å². The van der Waals surface area contributed by atoms with E-state index in [1.165, 1.54) is 60.5 Å². The Bertz CT molecular complexity index is 4560. The number of benzene rings is 12. The number of hydrogen-bond donors (Lipinski definition) is 0. The van der Waals surface area contributed by atoms with Crippen molar-refractivity contribution in [3.05, 3.63) is 225 Å². The largest absolute Gasteiger partial charge is 0.238 e. The molecule has 0 unspecified atom stereocenters. The Balaban J connectivity index is 1.08. The van der Waals surface area contributed by atoms with Crippen LogP contribution in [0.1, 0.15) is 44.5 Å². The van der Waals surface area contributed by atoms with E-state index in [0.29, 0.717) is 22.5 Å². The Labute approximate surface area is 441 Å². The molecule has 12 aromatic carbocycles. The Morgan fingerprint density at radius 1 is 0.289 bits per heavy atom. The van der Waals surface area contributed by atoms with Crippen LogP contribution >= 0.6 is 0 Å². The Morgan fingerprint density at radius 3 is 1.22 bits per heavy atom. The molecule has 0 spiro atoms. The van der Waals surface area contributed by atoms with Gasteiger partial charge in [0.25, 0.3) is 0 Å². The predicted octanol–water partition coefficient (Wildman–Crippen LogP) is 20.1. The third-order valence-corrected chi connectivity index (χ3v) is 16.7. The van der Waals surface area contributed by atoms with Gasteiger partial charge in [0.2, 0.25) is 0 Å². The van der Waals surface area contributed by atoms with Crippen molar-refractivity contribution in [2.24, 2.45) is 0 Å². The summed E-state index contributed by atoms with van der Waals surface area (Å²) in [7, 11) is 0. The molecule has 0 radical (unpaired) electrons. The molecule has 352 valence electrons. The van der Waals surface area contributed by atoms with Crippen LogP contribution in [0, 0.1) is 77.3 Å². The van der Waals surface area contributed by atoms with Crippen LogP contribution in [0.3, 0.4) is 0 Å². The summed E-state index contributed by atoms with van der Waals surface area (Å²) in [6.07, 6.45) is 0. The Morgan fingerprint density at radius 2 is 0.737 bits per heavy atom. The van der Waals surface area contributed by atoms with Crippen LogP contribution in [0.2, 0.25) is 0 Å². The number of rotatable bonds is 4. The molecular formula is C72H44N4. The predicted molar refractivity (Wildman–Crippen MR) is 315 cm³/mol. The lowest BCUT2D eigenvalue weighted by Crippen LogP contribution is -1.94. The lowest BCUT2D eigenvalue weighted by Gasteiger charge is -2.21. The molecule has 4 heteroatoms. The molecule has 2 aliphatic rings. The molecular weight excluding hydrogens is 921 g/mol. The molecule has 12 aromatic rings. The van der Waals surface area contributed by atoms with E-state index in [4.69, 9.17) is 13.1 Å². The summed E-state index contributed by atoms with van der Waals surface area (Å²) in [5.41, 5.74) is 27.4. The maximum Gasteiger partial charge on any atom is 0.187 e. The van der Waals surface area contributed by atoms with Gasteiger partial charge in [-0.15, -0.1) is 0 Å². The average Bonchev–Trinajstić information content (AvgIpc) is 4.09. The second-order valence-electron chi connectivity index (χ2n) is 21.0. The van der Waals surface area contributed by atoms with E-state index >= 15 is 0 Å². The first kappa shape index (κ1) is 44.6. The van der Waals surface area contributed by atoms with Crippen LogP contribution in [-0.4, -0.2) is 0 Å². The van der Waals surface area contributed by atoms with Gasteiger partial charge in [-0.1, -0.05) is 126 Å². The van der Waals surface area contributed by atoms with Gasteiger partial charge in [-0.25, -0.2) is 9.69 Å². The molecule has 0 bridgehead atoms. The molecule has 2 aliphatic carbocycles. The molecule has 76 heavy (non-hydrogen) atoms. The topological polar surface area (TPSA) is 56.3 Å². The molecule has 0 amide bonds. The van der Waals surface area contributed by atoms with Crippen molar-refractivity contribution in [2.75, 3.05) is 0 Å². The van der Waals surface area contributed by atoms with Crippen LogP contribution in [0.5, 0.6) is 0 Å². The highest BCUT2D eigenvalue weighted by Gasteiger charge is 2.32. The molecule has 0 saturated heterocycles. The fourth-order valence-corrected chi connectivity index (χ4v) is 13.6. The summed E-state index contributed by atoms with van der Waals surface area (Å²) in [4.78, 5) is 7.72. The fraction of sp³-hybridized carbons (Fsp3) is 0.0833. The number of hydrogen-bond acceptors (Lipinski definition) is 2. The van der Waals surface area contributed by atoms with Gasteiger partial charge in [-0.2, -0.15) is 10.5 Å². The van der Waals surface area contributed by atoms with E-state index in [1.807, 2.05) is 36.4 Å². The molecule has 0 atom stereocenters. The smallest absolute Gasteiger partial charge is 0.187 e. The SMILES string of the molecule is [C-]#[N+]c1cc(C)c(-c2ccc3c4c(cccc24)-c2cc4c(ccc5c6cc7c(c(-c8cc(C#N)ccc8C)c6ccc45)-c4ccc(-c5c(C)cc(C#N)cc5C)c5cccc-7c45)c(-c4cc([N+]#[C-])ccc4C)c2-3)c(C)c1. The van der Waals surface area contributed by atoms with Crippen molar-refractivity contribution in [3.63, 3.8) is 0 Å². The average molecular weight is 965 g/mol. The summed E-state index contributed by atoms with van der Waals surface area (Å²) >= 11 is 0. The highest BCUT2D eigenvalue weighted by molar-refractivity contribution is 6.31. The van der Waals surface area contributed by atoms with E-state index < -0.39 is 0 Å². The van der Waals surface area contributed by atoms with E-state index in [0.717, 1.165) is 116 Å². The molecule has 0 N–H and O–H groups in total. The maximum atomic E-state index is 10.4. The van der Waals surface area contributed by atoms with Gasteiger partial charge in [0, 0.05) is 0 Å². The Hall–Kier alpha value is -10.1. The van der Waals surface area contributed by atoms with E-state index in [9.17, 15) is 10.5 Å². The molecule has 0 aromatic heterocycles. The van der Waals surface area contributed by atoms with Crippen molar-refractivity contribution >= 4 is 65.2 Å². The highest BCUT2D eigenvalue weighted by atomic mass is 14.6. The fourth-order valence-electron chi connectivity index (χ4n) is 13.6. The molecule has 0 heterocycles. The Kier molecular flexibility index (Phi) is 9.50. The maximum absolute atomic E-state index is 10.4. The van der Waals surface area contributed by atoms with Gasteiger partial charge in [-0.05, 0) is 249 Å². The van der Waals surface area contributed by atoms with Crippen molar-refractivity contribution < 1.29 is 0 Å². The molecule has 0 saturated carbocycles. The zero-order valence-corrected chi connectivity index (χ0v) is 42.8. The summed E-state index contributed by atoms with van der Waals surface area (Å²) in [6.45, 7) is 28.6.